The van der Waals surface area contributed by atoms with Crippen molar-refractivity contribution in [3.05, 3.63) is 34.9 Å². The highest BCUT2D eigenvalue weighted by Crippen LogP contribution is 2.14. The molecule has 1 aromatic rings. The SMILES string of the molecule is CCCCOC(=O)c1ccc(C(=O)CBr)cc1C. The molecule has 0 N–H and O–H groups in total. The molecule has 0 aromatic heterocycles. The fourth-order valence-corrected chi connectivity index (χ4v) is 1.85. The third-order valence-electron chi connectivity index (χ3n) is 2.62. The molecule has 0 spiro atoms. The van der Waals surface area contributed by atoms with E-state index >= 15 is 0 Å². The maximum atomic E-state index is 11.8. The second-order valence-electron chi connectivity index (χ2n) is 4.08. The van der Waals surface area contributed by atoms with E-state index < -0.39 is 0 Å². The molecule has 18 heavy (non-hydrogen) atoms. The fraction of sp³-hybridized carbons (Fsp3) is 0.429. The van der Waals surface area contributed by atoms with Crippen LogP contribution in [-0.2, 0) is 4.74 Å². The van der Waals surface area contributed by atoms with Crippen molar-refractivity contribution in [2.75, 3.05) is 11.9 Å². The fourth-order valence-electron chi connectivity index (χ4n) is 1.53. The van der Waals surface area contributed by atoms with Crippen LogP contribution in [0.2, 0.25) is 0 Å². The van der Waals surface area contributed by atoms with Crippen LogP contribution in [0.1, 0.15) is 46.0 Å². The summed E-state index contributed by atoms with van der Waals surface area (Å²) in [5.74, 6) is -0.317. The van der Waals surface area contributed by atoms with Gasteiger partial charge in [-0.15, -0.1) is 0 Å². The summed E-state index contributed by atoms with van der Waals surface area (Å²) >= 11 is 3.12. The standard InChI is InChI=1S/C14H17BrO3/c1-3-4-7-18-14(17)12-6-5-11(8-10(12)2)13(16)9-15/h5-6,8H,3-4,7,9H2,1-2H3. The predicted octanol–water partition coefficient (Wildman–Crippen LogP) is 3.53. The molecule has 3 nitrogen and oxygen atoms in total. The van der Waals surface area contributed by atoms with E-state index in [0.717, 1.165) is 18.4 Å². The smallest absolute Gasteiger partial charge is 0.338 e. The van der Waals surface area contributed by atoms with E-state index in [2.05, 4.69) is 15.9 Å². The maximum Gasteiger partial charge on any atom is 0.338 e. The number of alkyl halides is 1. The lowest BCUT2D eigenvalue weighted by Gasteiger charge is -2.08. The Morgan fingerprint density at radius 1 is 1.33 bits per heavy atom. The van der Waals surface area contributed by atoms with E-state index in [4.69, 9.17) is 4.74 Å². The molecule has 0 atom stereocenters. The van der Waals surface area contributed by atoms with Crippen LogP contribution in [0.25, 0.3) is 0 Å². The van der Waals surface area contributed by atoms with Crippen molar-refractivity contribution in [3.8, 4) is 0 Å². The Hall–Kier alpha value is -1.16. The molecule has 0 radical (unpaired) electrons. The molecule has 0 bridgehead atoms. The Balaban J connectivity index is 2.79. The lowest BCUT2D eigenvalue weighted by atomic mass is 10.0. The number of carbonyl (C=O) groups excluding carboxylic acids is 2. The number of ketones is 1. The van der Waals surface area contributed by atoms with Crippen LogP contribution in [0.3, 0.4) is 0 Å². The second kappa shape index (κ2) is 7.31. The highest BCUT2D eigenvalue weighted by molar-refractivity contribution is 9.09. The van der Waals surface area contributed by atoms with Gasteiger partial charge in [0.1, 0.15) is 0 Å². The average Bonchev–Trinajstić information content (AvgIpc) is 2.37. The molecule has 0 amide bonds. The van der Waals surface area contributed by atoms with Crippen LogP contribution in [0.5, 0.6) is 0 Å². The lowest BCUT2D eigenvalue weighted by molar-refractivity contribution is 0.0498. The number of hydrogen-bond donors (Lipinski definition) is 0. The normalized spacial score (nSPS) is 10.2. The van der Waals surface area contributed by atoms with Crippen LogP contribution in [-0.4, -0.2) is 23.7 Å². The summed E-state index contributed by atoms with van der Waals surface area (Å²) in [5.41, 5.74) is 1.90. The van der Waals surface area contributed by atoms with Crippen molar-refractivity contribution in [3.63, 3.8) is 0 Å². The van der Waals surface area contributed by atoms with Gasteiger partial charge in [-0.05, 0) is 31.0 Å². The molecule has 0 fully saturated rings. The quantitative estimate of drug-likeness (QED) is 0.349. The molecule has 0 aliphatic carbocycles. The summed E-state index contributed by atoms with van der Waals surface area (Å²) in [6.45, 7) is 4.29. The Morgan fingerprint density at radius 2 is 2.06 bits per heavy atom. The number of aryl methyl sites for hydroxylation is 1. The van der Waals surface area contributed by atoms with Crippen molar-refractivity contribution < 1.29 is 14.3 Å². The molecule has 1 aromatic carbocycles. The van der Waals surface area contributed by atoms with Gasteiger partial charge in [0.25, 0.3) is 0 Å². The second-order valence-corrected chi connectivity index (χ2v) is 4.64. The number of Topliss-reactive ketones (excluding diaryl/α,β-unsaturated/α-hetero) is 1. The maximum absolute atomic E-state index is 11.8. The summed E-state index contributed by atoms with van der Waals surface area (Å²) in [4.78, 5) is 23.3. The first-order chi connectivity index (χ1) is 8.60. The molecule has 0 saturated heterocycles. The Kier molecular flexibility index (Phi) is 6.05. The summed E-state index contributed by atoms with van der Waals surface area (Å²) in [5, 5.41) is 0.284. The third-order valence-corrected chi connectivity index (χ3v) is 3.13. The molecule has 0 aliphatic heterocycles. The summed E-state index contributed by atoms with van der Waals surface area (Å²) < 4.78 is 5.14. The number of benzene rings is 1. The third kappa shape index (κ3) is 3.95. The first-order valence-electron chi connectivity index (χ1n) is 5.97. The molecule has 0 heterocycles. The van der Waals surface area contributed by atoms with Crippen LogP contribution in [0, 0.1) is 6.92 Å². The Morgan fingerprint density at radius 3 is 2.61 bits per heavy atom. The van der Waals surface area contributed by atoms with E-state index in [1.807, 2.05) is 6.92 Å². The largest absolute Gasteiger partial charge is 0.462 e. The molecule has 4 heteroatoms. The van der Waals surface area contributed by atoms with E-state index in [1.165, 1.54) is 0 Å². The summed E-state index contributed by atoms with van der Waals surface area (Å²) in [6.07, 6.45) is 1.86. The average molecular weight is 313 g/mol. The van der Waals surface area contributed by atoms with Gasteiger partial charge < -0.3 is 4.74 Å². The van der Waals surface area contributed by atoms with Gasteiger partial charge in [-0.25, -0.2) is 4.79 Å². The Labute approximate surface area is 116 Å². The number of rotatable bonds is 6. The van der Waals surface area contributed by atoms with Crippen LogP contribution >= 0.6 is 15.9 Å². The molecular weight excluding hydrogens is 296 g/mol. The van der Waals surface area contributed by atoms with Crippen LogP contribution in [0.15, 0.2) is 18.2 Å². The number of ether oxygens (including phenoxy) is 1. The zero-order chi connectivity index (χ0) is 13.5. The zero-order valence-corrected chi connectivity index (χ0v) is 12.2. The first-order valence-corrected chi connectivity index (χ1v) is 7.09. The number of carbonyl (C=O) groups is 2. The molecular formula is C14H17BrO3. The van der Waals surface area contributed by atoms with Gasteiger partial charge in [-0.1, -0.05) is 35.3 Å². The molecule has 0 aliphatic rings. The highest BCUT2D eigenvalue weighted by atomic mass is 79.9. The van der Waals surface area contributed by atoms with E-state index in [-0.39, 0.29) is 17.1 Å². The molecule has 1 rings (SSSR count). The topological polar surface area (TPSA) is 43.4 Å². The van der Waals surface area contributed by atoms with E-state index in [9.17, 15) is 9.59 Å². The van der Waals surface area contributed by atoms with Gasteiger partial charge >= 0.3 is 5.97 Å². The van der Waals surface area contributed by atoms with Gasteiger partial charge in [-0.3, -0.25) is 4.79 Å². The van der Waals surface area contributed by atoms with Gasteiger partial charge in [-0.2, -0.15) is 0 Å². The van der Waals surface area contributed by atoms with Crippen molar-refractivity contribution in [1.29, 1.82) is 0 Å². The number of unbranched alkanes of at least 4 members (excludes halogenated alkanes) is 1. The van der Waals surface area contributed by atoms with Gasteiger partial charge in [0.2, 0.25) is 0 Å². The Bertz CT molecular complexity index is 441. The van der Waals surface area contributed by atoms with Crippen molar-refractivity contribution in [2.24, 2.45) is 0 Å². The van der Waals surface area contributed by atoms with Gasteiger partial charge in [0.15, 0.2) is 5.78 Å². The first kappa shape index (κ1) is 14.9. The molecule has 98 valence electrons. The van der Waals surface area contributed by atoms with Crippen LogP contribution < -0.4 is 0 Å². The minimum atomic E-state index is -0.321. The minimum absolute atomic E-state index is 0.00370. The highest BCUT2D eigenvalue weighted by Gasteiger charge is 2.12. The van der Waals surface area contributed by atoms with Crippen molar-refractivity contribution in [2.45, 2.75) is 26.7 Å². The predicted molar refractivity (Wildman–Crippen MR) is 74.5 cm³/mol. The molecule has 0 saturated carbocycles. The summed E-state index contributed by atoms with van der Waals surface area (Å²) in [7, 11) is 0. The monoisotopic (exact) mass is 312 g/mol. The van der Waals surface area contributed by atoms with Gasteiger partial charge in [0, 0.05) is 5.56 Å². The van der Waals surface area contributed by atoms with Crippen LogP contribution in [0.4, 0.5) is 0 Å². The van der Waals surface area contributed by atoms with Crippen molar-refractivity contribution in [1.82, 2.24) is 0 Å². The number of esters is 1. The minimum Gasteiger partial charge on any atom is -0.462 e. The van der Waals surface area contributed by atoms with E-state index in [1.54, 1.807) is 25.1 Å². The number of halogens is 1. The lowest BCUT2D eigenvalue weighted by Crippen LogP contribution is -2.09. The summed E-state index contributed by atoms with van der Waals surface area (Å²) in [6, 6.07) is 5.03. The van der Waals surface area contributed by atoms with Gasteiger partial charge in [0.05, 0.1) is 17.5 Å². The van der Waals surface area contributed by atoms with E-state index in [0.29, 0.717) is 17.7 Å². The number of hydrogen-bond acceptors (Lipinski definition) is 3. The molecule has 0 unspecified atom stereocenters. The van der Waals surface area contributed by atoms with Crippen molar-refractivity contribution >= 4 is 27.7 Å². The zero-order valence-electron chi connectivity index (χ0n) is 10.7.